The van der Waals surface area contributed by atoms with Crippen LogP contribution in [0.5, 0.6) is 0 Å². The Balaban J connectivity index is 1.65. The van der Waals surface area contributed by atoms with Crippen molar-refractivity contribution in [2.75, 3.05) is 11.9 Å². The first kappa shape index (κ1) is 13.6. The number of aromatic amines is 1. The Hall–Kier alpha value is -3.07. The van der Waals surface area contributed by atoms with E-state index >= 15 is 0 Å². The maximum absolute atomic E-state index is 4.65. The van der Waals surface area contributed by atoms with Gasteiger partial charge in [-0.1, -0.05) is 30.3 Å². The smallest absolute Gasteiger partial charge is 0.138 e. The summed E-state index contributed by atoms with van der Waals surface area (Å²) in [6, 6.07) is 26.9. The molecule has 0 bridgehead atoms. The molecule has 1 heterocycles. The zero-order chi connectivity index (χ0) is 15.6. The molecule has 3 nitrogen and oxygen atoms in total. The number of hydrogen-bond acceptors (Lipinski definition) is 2. The van der Waals surface area contributed by atoms with Crippen molar-refractivity contribution < 1.29 is 0 Å². The molecule has 0 amide bonds. The Kier molecular flexibility index (Phi) is 3.31. The summed E-state index contributed by atoms with van der Waals surface area (Å²) < 4.78 is 0. The topological polar surface area (TPSA) is 31.9 Å². The number of anilines is 2. The molecule has 0 atom stereocenters. The largest absolute Gasteiger partial charge is 0.345 e. The summed E-state index contributed by atoms with van der Waals surface area (Å²) in [5.74, 6) is 0.903. The number of rotatable bonds is 3. The van der Waals surface area contributed by atoms with Crippen molar-refractivity contribution in [2.24, 2.45) is 0 Å². The molecule has 1 aromatic heterocycles. The molecule has 4 aromatic rings. The second-order valence-corrected chi connectivity index (χ2v) is 5.54. The van der Waals surface area contributed by atoms with Crippen LogP contribution in [0.1, 0.15) is 0 Å². The van der Waals surface area contributed by atoms with Crippen LogP contribution in [0, 0.1) is 0 Å². The van der Waals surface area contributed by atoms with E-state index in [2.05, 4.69) is 70.4 Å². The van der Waals surface area contributed by atoms with E-state index in [9.17, 15) is 0 Å². The minimum atomic E-state index is 0.903. The monoisotopic (exact) mass is 299 g/mol. The lowest BCUT2D eigenvalue weighted by molar-refractivity contribution is 1.21. The van der Waals surface area contributed by atoms with Gasteiger partial charge in [-0.2, -0.15) is 0 Å². The van der Waals surface area contributed by atoms with Crippen LogP contribution in [0.15, 0.2) is 78.9 Å². The lowest BCUT2D eigenvalue weighted by Gasteiger charge is -2.19. The first-order chi connectivity index (χ1) is 11.3. The number of hydrogen-bond donors (Lipinski definition) is 1. The number of para-hydroxylation sites is 3. The highest BCUT2D eigenvalue weighted by atomic mass is 15.1. The number of nitrogens with one attached hydrogen (secondary N) is 1. The van der Waals surface area contributed by atoms with Gasteiger partial charge in [-0.3, -0.25) is 0 Å². The first-order valence-electron chi connectivity index (χ1n) is 7.65. The fourth-order valence-corrected chi connectivity index (χ4v) is 2.73. The summed E-state index contributed by atoms with van der Waals surface area (Å²) in [5, 5.41) is 0. The third kappa shape index (κ3) is 2.57. The van der Waals surface area contributed by atoms with E-state index in [4.69, 9.17) is 0 Å². The highest BCUT2D eigenvalue weighted by Crippen LogP contribution is 2.26. The number of benzene rings is 3. The molecule has 0 aliphatic rings. The minimum absolute atomic E-state index is 0.903. The Morgan fingerprint density at radius 3 is 2.13 bits per heavy atom. The third-order valence-corrected chi connectivity index (χ3v) is 4.06. The Morgan fingerprint density at radius 1 is 0.739 bits per heavy atom. The molecule has 23 heavy (non-hydrogen) atoms. The van der Waals surface area contributed by atoms with Crippen LogP contribution in [0.4, 0.5) is 11.4 Å². The summed E-state index contributed by atoms with van der Waals surface area (Å²) in [7, 11) is 2.07. The van der Waals surface area contributed by atoms with Gasteiger partial charge in [0.15, 0.2) is 0 Å². The summed E-state index contributed by atoms with van der Waals surface area (Å²) in [6.07, 6.45) is 0. The van der Waals surface area contributed by atoms with E-state index in [1.807, 2.05) is 30.3 Å². The van der Waals surface area contributed by atoms with Gasteiger partial charge in [-0.05, 0) is 48.5 Å². The lowest BCUT2D eigenvalue weighted by Crippen LogP contribution is -2.08. The van der Waals surface area contributed by atoms with Gasteiger partial charge in [0.25, 0.3) is 0 Å². The minimum Gasteiger partial charge on any atom is -0.345 e. The van der Waals surface area contributed by atoms with Crippen molar-refractivity contribution >= 4 is 22.4 Å². The van der Waals surface area contributed by atoms with Crippen LogP contribution in [0.3, 0.4) is 0 Å². The number of fused-ring (bicyclic) bond motifs is 1. The molecule has 0 aliphatic carbocycles. The SMILES string of the molecule is CN(c1ccccc1)c1ccc(-c2nc3ccccc3[nH]2)cc1. The van der Waals surface area contributed by atoms with Gasteiger partial charge in [0.05, 0.1) is 11.0 Å². The molecular weight excluding hydrogens is 282 g/mol. The molecule has 0 radical (unpaired) electrons. The Bertz CT molecular complexity index is 891. The van der Waals surface area contributed by atoms with Gasteiger partial charge in [0.1, 0.15) is 5.82 Å². The van der Waals surface area contributed by atoms with Crippen molar-refractivity contribution in [3.05, 3.63) is 78.9 Å². The molecule has 1 N–H and O–H groups in total. The van der Waals surface area contributed by atoms with Crippen LogP contribution in [-0.4, -0.2) is 17.0 Å². The fraction of sp³-hybridized carbons (Fsp3) is 0.0500. The standard InChI is InChI=1S/C20H17N3/c1-23(16-7-3-2-4-8-16)17-13-11-15(12-14-17)20-21-18-9-5-6-10-19(18)22-20/h2-14H,1H3,(H,21,22). The molecule has 0 saturated heterocycles. The second kappa shape index (κ2) is 5.61. The lowest BCUT2D eigenvalue weighted by atomic mass is 10.2. The molecule has 0 saturated carbocycles. The van der Waals surface area contributed by atoms with Crippen LogP contribution in [-0.2, 0) is 0 Å². The molecule has 112 valence electrons. The summed E-state index contributed by atoms with van der Waals surface area (Å²) in [5.41, 5.74) is 5.47. The summed E-state index contributed by atoms with van der Waals surface area (Å²) >= 11 is 0. The summed E-state index contributed by atoms with van der Waals surface area (Å²) in [4.78, 5) is 10.2. The average Bonchev–Trinajstić information content (AvgIpc) is 3.06. The van der Waals surface area contributed by atoms with E-state index in [0.717, 1.165) is 28.1 Å². The first-order valence-corrected chi connectivity index (χ1v) is 7.65. The van der Waals surface area contributed by atoms with Crippen LogP contribution in [0.2, 0.25) is 0 Å². The molecule has 3 aromatic carbocycles. The van der Waals surface area contributed by atoms with Crippen molar-refractivity contribution in [1.29, 1.82) is 0 Å². The third-order valence-electron chi connectivity index (χ3n) is 4.06. The highest BCUT2D eigenvalue weighted by molar-refractivity contribution is 5.79. The number of aromatic nitrogens is 2. The predicted molar refractivity (Wildman–Crippen MR) is 96.0 cm³/mol. The number of imidazole rings is 1. The van der Waals surface area contributed by atoms with Crippen molar-refractivity contribution in [3.63, 3.8) is 0 Å². The summed E-state index contributed by atoms with van der Waals surface area (Å²) in [6.45, 7) is 0. The highest BCUT2D eigenvalue weighted by Gasteiger charge is 2.07. The van der Waals surface area contributed by atoms with E-state index in [0.29, 0.717) is 0 Å². The predicted octanol–water partition coefficient (Wildman–Crippen LogP) is 5.00. The van der Waals surface area contributed by atoms with Crippen molar-refractivity contribution in [2.45, 2.75) is 0 Å². The van der Waals surface area contributed by atoms with Crippen LogP contribution in [0.25, 0.3) is 22.4 Å². The van der Waals surface area contributed by atoms with Gasteiger partial charge >= 0.3 is 0 Å². The maximum atomic E-state index is 4.65. The zero-order valence-electron chi connectivity index (χ0n) is 12.9. The van der Waals surface area contributed by atoms with Gasteiger partial charge in [0, 0.05) is 24.0 Å². The molecule has 0 fully saturated rings. The molecular formula is C20H17N3. The molecule has 0 spiro atoms. The van der Waals surface area contributed by atoms with Gasteiger partial charge < -0.3 is 9.88 Å². The zero-order valence-corrected chi connectivity index (χ0v) is 12.9. The maximum Gasteiger partial charge on any atom is 0.138 e. The van der Waals surface area contributed by atoms with Crippen LogP contribution >= 0.6 is 0 Å². The molecule has 3 heteroatoms. The molecule has 0 unspecified atom stereocenters. The van der Waals surface area contributed by atoms with E-state index in [1.165, 1.54) is 5.69 Å². The average molecular weight is 299 g/mol. The number of nitrogens with zero attached hydrogens (tertiary/aromatic N) is 2. The quantitative estimate of drug-likeness (QED) is 0.577. The van der Waals surface area contributed by atoms with Crippen molar-refractivity contribution in [1.82, 2.24) is 9.97 Å². The molecule has 4 rings (SSSR count). The van der Waals surface area contributed by atoms with Gasteiger partial charge in [-0.25, -0.2) is 4.98 Å². The van der Waals surface area contributed by atoms with Gasteiger partial charge in [0.2, 0.25) is 0 Å². The fourth-order valence-electron chi connectivity index (χ4n) is 2.73. The second-order valence-electron chi connectivity index (χ2n) is 5.54. The van der Waals surface area contributed by atoms with Gasteiger partial charge in [-0.15, -0.1) is 0 Å². The van der Waals surface area contributed by atoms with E-state index < -0.39 is 0 Å². The van der Waals surface area contributed by atoms with E-state index in [1.54, 1.807) is 0 Å². The van der Waals surface area contributed by atoms with E-state index in [-0.39, 0.29) is 0 Å². The van der Waals surface area contributed by atoms with Crippen LogP contribution < -0.4 is 4.90 Å². The van der Waals surface area contributed by atoms with Crippen molar-refractivity contribution in [3.8, 4) is 11.4 Å². The Labute approximate surface area is 135 Å². The molecule has 0 aliphatic heterocycles. The number of H-pyrrole nitrogens is 1. The normalized spacial score (nSPS) is 10.8. The Morgan fingerprint density at radius 2 is 1.39 bits per heavy atom.